The second kappa shape index (κ2) is 9.55. The van der Waals surface area contributed by atoms with Crippen molar-refractivity contribution in [2.24, 2.45) is 11.8 Å². The first kappa shape index (κ1) is 16.7. The fourth-order valence-electron chi connectivity index (χ4n) is 2.08. The lowest BCUT2D eigenvalue weighted by atomic mass is 9.97. The maximum atomic E-state index is 5.72. The standard InChI is InChI=1S/C17H27BrO/c1-14(2)7-9-19-10-8-17(13-18)12-16-6-4-5-15(3)11-16/h4-6,11,14,17H,7-10,12-13H2,1-3H3. The van der Waals surface area contributed by atoms with E-state index in [0.717, 1.165) is 43.7 Å². The van der Waals surface area contributed by atoms with Crippen LogP contribution in [0.3, 0.4) is 0 Å². The topological polar surface area (TPSA) is 9.23 Å². The number of ether oxygens (including phenoxy) is 1. The van der Waals surface area contributed by atoms with E-state index in [1.807, 2.05) is 0 Å². The largest absolute Gasteiger partial charge is 0.381 e. The maximum absolute atomic E-state index is 5.72. The monoisotopic (exact) mass is 326 g/mol. The highest BCUT2D eigenvalue weighted by molar-refractivity contribution is 9.09. The second-order valence-corrected chi connectivity index (χ2v) is 6.44. The molecule has 0 aliphatic rings. The van der Waals surface area contributed by atoms with Gasteiger partial charge in [0.15, 0.2) is 0 Å². The fraction of sp³-hybridized carbons (Fsp3) is 0.647. The van der Waals surface area contributed by atoms with Crippen LogP contribution in [0.1, 0.15) is 37.8 Å². The zero-order valence-electron chi connectivity index (χ0n) is 12.5. The Bertz CT molecular complexity index is 349. The van der Waals surface area contributed by atoms with Gasteiger partial charge in [-0.1, -0.05) is 59.6 Å². The molecule has 0 heterocycles. The van der Waals surface area contributed by atoms with Crippen molar-refractivity contribution in [3.8, 4) is 0 Å². The van der Waals surface area contributed by atoms with Crippen LogP contribution in [-0.4, -0.2) is 18.5 Å². The molecule has 0 aromatic heterocycles. The van der Waals surface area contributed by atoms with E-state index in [-0.39, 0.29) is 0 Å². The van der Waals surface area contributed by atoms with Gasteiger partial charge < -0.3 is 4.74 Å². The summed E-state index contributed by atoms with van der Waals surface area (Å²) in [7, 11) is 0. The highest BCUT2D eigenvalue weighted by Crippen LogP contribution is 2.16. The molecule has 0 bridgehead atoms. The van der Waals surface area contributed by atoms with E-state index in [2.05, 4.69) is 61.0 Å². The molecule has 108 valence electrons. The molecule has 0 radical (unpaired) electrons. The number of hydrogen-bond acceptors (Lipinski definition) is 1. The first-order chi connectivity index (χ1) is 9.11. The smallest absolute Gasteiger partial charge is 0.0469 e. The van der Waals surface area contributed by atoms with Crippen LogP contribution in [0, 0.1) is 18.8 Å². The Morgan fingerprint density at radius 2 is 1.89 bits per heavy atom. The lowest BCUT2D eigenvalue weighted by Gasteiger charge is -2.15. The minimum absolute atomic E-state index is 0.667. The van der Waals surface area contributed by atoms with Gasteiger partial charge in [-0.15, -0.1) is 0 Å². The van der Waals surface area contributed by atoms with Gasteiger partial charge in [-0.2, -0.15) is 0 Å². The van der Waals surface area contributed by atoms with Gasteiger partial charge in [0.05, 0.1) is 0 Å². The molecule has 0 amide bonds. The number of halogens is 1. The predicted molar refractivity (Wildman–Crippen MR) is 87.1 cm³/mol. The first-order valence-electron chi connectivity index (χ1n) is 7.31. The zero-order valence-corrected chi connectivity index (χ0v) is 14.1. The van der Waals surface area contributed by atoms with Crippen LogP contribution in [0.2, 0.25) is 0 Å². The van der Waals surface area contributed by atoms with Gasteiger partial charge in [0.1, 0.15) is 0 Å². The lowest BCUT2D eigenvalue weighted by Crippen LogP contribution is -2.11. The highest BCUT2D eigenvalue weighted by Gasteiger charge is 2.08. The highest BCUT2D eigenvalue weighted by atomic mass is 79.9. The van der Waals surface area contributed by atoms with E-state index in [1.54, 1.807) is 0 Å². The average molecular weight is 327 g/mol. The van der Waals surface area contributed by atoms with Crippen molar-refractivity contribution >= 4 is 15.9 Å². The molecule has 0 saturated heterocycles. The molecular formula is C17H27BrO. The van der Waals surface area contributed by atoms with Crippen LogP contribution in [-0.2, 0) is 11.2 Å². The van der Waals surface area contributed by atoms with Crippen LogP contribution >= 0.6 is 15.9 Å². The quantitative estimate of drug-likeness (QED) is 0.458. The van der Waals surface area contributed by atoms with Crippen molar-refractivity contribution < 1.29 is 4.74 Å². The predicted octanol–water partition coefficient (Wildman–Crippen LogP) is 5.00. The summed E-state index contributed by atoms with van der Waals surface area (Å²) in [5, 5.41) is 1.05. The Hall–Kier alpha value is -0.340. The van der Waals surface area contributed by atoms with Gasteiger partial charge in [0.2, 0.25) is 0 Å². The molecule has 1 unspecified atom stereocenters. The summed E-state index contributed by atoms with van der Waals surface area (Å²) in [5.41, 5.74) is 2.78. The molecule has 1 nitrogen and oxygen atoms in total. The molecule has 1 aromatic rings. The number of aryl methyl sites for hydroxylation is 1. The van der Waals surface area contributed by atoms with Crippen LogP contribution in [0.5, 0.6) is 0 Å². The van der Waals surface area contributed by atoms with Crippen LogP contribution in [0.15, 0.2) is 24.3 Å². The zero-order chi connectivity index (χ0) is 14.1. The minimum Gasteiger partial charge on any atom is -0.381 e. The van der Waals surface area contributed by atoms with Gasteiger partial charge in [-0.3, -0.25) is 0 Å². The normalized spacial score (nSPS) is 12.9. The molecule has 0 N–H and O–H groups in total. The molecule has 1 atom stereocenters. The van der Waals surface area contributed by atoms with E-state index >= 15 is 0 Å². The molecule has 2 heteroatoms. The van der Waals surface area contributed by atoms with Gasteiger partial charge in [-0.05, 0) is 43.6 Å². The van der Waals surface area contributed by atoms with Gasteiger partial charge in [0, 0.05) is 18.5 Å². The lowest BCUT2D eigenvalue weighted by molar-refractivity contribution is 0.113. The molecule has 1 aromatic carbocycles. The van der Waals surface area contributed by atoms with Gasteiger partial charge in [-0.25, -0.2) is 0 Å². The van der Waals surface area contributed by atoms with Crippen molar-refractivity contribution in [1.82, 2.24) is 0 Å². The summed E-state index contributed by atoms with van der Waals surface area (Å²) >= 11 is 3.63. The van der Waals surface area contributed by atoms with E-state index < -0.39 is 0 Å². The van der Waals surface area contributed by atoms with E-state index in [0.29, 0.717) is 5.92 Å². The van der Waals surface area contributed by atoms with Crippen molar-refractivity contribution in [2.75, 3.05) is 18.5 Å². The third kappa shape index (κ3) is 7.74. The Balaban J connectivity index is 2.26. The number of rotatable bonds is 9. The summed E-state index contributed by atoms with van der Waals surface area (Å²) in [6.45, 7) is 8.42. The van der Waals surface area contributed by atoms with Crippen molar-refractivity contribution in [3.63, 3.8) is 0 Å². The minimum atomic E-state index is 0.667. The summed E-state index contributed by atoms with van der Waals surface area (Å²) in [6.07, 6.45) is 3.44. The summed E-state index contributed by atoms with van der Waals surface area (Å²) in [5.74, 6) is 1.40. The number of hydrogen-bond donors (Lipinski definition) is 0. The van der Waals surface area contributed by atoms with Crippen molar-refractivity contribution in [1.29, 1.82) is 0 Å². The van der Waals surface area contributed by atoms with Crippen molar-refractivity contribution in [3.05, 3.63) is 35.4 Å². The fourth-order valence-corrected chi connectivity index (χ4v) is 2.63. The Morgan fingerprint density at radius 1 is 1.16 bits per heavy atom. The van der Waals surface area contributed by atoms with E-state index in [1.165, 1.54) is 11.1 Å². The number of alkyl halides is 1. The molecule has 19 heavy (non-hydrogen) atoms. The SMILES string of the molecule is Cc1cccc(CC(CBr)CCOCCC(C)C)c1. The molecule has 0 aliphatic carbocycles. The molecule has 0 saturated carbocycles. The summed E-state index contributed by atoms with van der Waals surface area (Å²) in [6, 6.07) is 8.81. The molecule has 0 fully saturated rings. The van der Waals surface area contributed by atoms with E-state index in [9.17, 15) is 0 Å². The van der Waals surface area contributed by atoms with Crippen LogP contribution in [0.4, 0.5) is 0 Å². The first-order valence-corrected chi connectivity index (χ1v) is 8.43. The van der Waals surface area contributed by atoms with Gasteiger partial charge in [0.25, 0.3) is 0 Å². The average Bonchev–Trinajstić information content (AvgIpc) is 2.36. The van der Waals surface area contributed by atoms with Crippen LogP contribution < -0.4 is 0 Å². The molecular weight excluding hydrogens is 300 g/mol. The summed E-state index contributed by atoms with van der Waals surface area (Å²) in [4.78, 5) is 0. The Labute approximate surface area is 126 Å². The molecule has 0 aliphatic heterocycles. The van der Waals surface area contributed by atoms with E-state index in [4.69, 9.17) is 4.74 Å². The Morgan fingerprint density at radius 3 is 2.53 bits per heavy atom. The third-order valence-corrected chi connectivity index (χ3v) is 4.25. The second-order valence-electron chi connectivity index (χ2n) is 5.80. The molecule has 0 spiro atoms. The molecule has 1 rings (SSSR count). The summed E-state index contributed by atoms with van der Waals surface area (Å²) < 4.78 is 5.72. The Kier molecular flexibility index (Phi) is 8.40. The van der Waals surface area contributed by atoms with Crippen LogP contribution in [0.25, 0.3) is 0 Å². The number of benzene rings is 1. The van der Waals surface area contributed by atoms with Gasteiger partial charge >= 0.3 is 0 Å². The van der Waals surface area contributed by atoms with Crippen molar-refractivity contribution in [2.45, 2.75) is 40.0 Å². The third-order valence-electron chi connectivity index (χ3n) is 3.34. The maximum Gasteiger partial charge on any atom is 0.0469 e.